The van der Waals surface area contributed by atoms with Crippen LogP contribution in [0.5, 0.6) is 0 Å². The largest absolute Gasteiger partial charge is 0.465 e. The summed E-state index contributed by atoms with van der Waals surface area (Å²) >= 11 is 0. The summed E-state index contributed by atoms with van der Waals surface area (Å²) < 4.78 is 43.3. The number of esters is 1. The molecule has 0 saturated heterocycles. The quantitative estimate of drug-likeness (QED) is 0.760. The molecular weight excluding hydrogens is 375 g/mol. The van der Waals surface area contributed by atoms with Gasteiger partial charge in [0, 0.05) is 5.69 Å². The molecule has 1 amide bonds. The molecular formula is C18H19FN2O5S. The first-order valence-electron chi connectivity index (χ1n) is 7.87. The smallest absolute Gasteiger partial charge is 0.337 e. The molecule has 27 heavy (non-hydrogen) atoms. The Morgan fingerprint density at radius 1 is 1.15 bits per heavy atom. The van der Waals surface area contributed by atoms with Crippen molar-refractivity contribution in [1.82, 2.24) is 0 Å². The van der Waals surface area contributed by atoms with Crippen LogP contribution in [0.2, 0.25) is 0 Å². The average molecular weight is 394 g/mol. The van der Waals surface area contributed by atoms with Crippen LogP contribution >= 0.6 is 0 Å². The summed E-state index contributed by atoms with van der Waals surface area (Å²) in [6.45, 7) is 1.39. The molecule has 2 aromatic carbocycles. The molecule has 1 N–H and O–H groups in total. The summed E-state index contributed by atoms with van der Waals surface area (Å²) in [5.41, 5.74) is 0.717. The molecule has 144 valence electrons. The van der Waals surface area contributed by atoms with Crippen LogP contribution in [-0.4, -0.2) is 39.7 Å². The van der Waals surface area contributed by atoms with E-state index in [1.807, 2.05) is 0 Å². The highest BCUT2D eigenvalue weighted by Crippen LogP contribution is 2.22. The minimum atomic E-state index is -3.85. The van der Waals surface area contributed by atoms with E-state index in [0.29, 0.717) is 11.3 Å². The standard InChI is InChI=1S/C18H19FN2O5S/c1-12(21(27(3,24)25)16-6-4-5-14(19)11-16)17(22)20-15-9-7-13(8-10-15)18(23)26-2/h4-12H,1-3H3,(H,20,22)/t12-/m1/s1. The van der Waals surface area contributed by atoms with Crippen LogP contribution in [0.4, 0.5) is 15.8 Å². The van der Waals surface area contributed by atoms with Gasteiger partial charge in [-0.15, -0.1) is 0 Å². The third-order valence-corrected chi connectivity index (χ3v) is 4.97. The summed E-state index contributed by atoms with van der Waals surface area (Å²) in [5, 5.41) is 2.57. The van der Waals surface area contributed by atoms with Crippen molar-refractivity contribution in [2.24, 2.45) is 0 Å². The van der Waals surface area contributed by atoms with Gasteiger partial charge in [0.1, 0.15) is 11.9 Å². The van der Waals surface area contributed by atoms with E-state index in [4.69, 9.17) is 0 Å². The Morgan fingerprint density at radius 2 is 1.78 bits per heavy atom. The Labute approximate surface area is 156 Å². The zero-order chi connectivity index (χ0) is 20.2. The van der Waals surface area contributed by atoms with E-state index in [9.17, 15) is 22.4 Å². The van der Waals surface area contributed by atoms with Crippen molar-refractivity contribution < 1.29 is 27.1 Å². The third kappa shape index (κ3) is 5.04. The van der Waals surface area contributed by atoms with Crippen molar-refractivity contribution in [3.63, 3.8) is 0 Å². The average Bonchev–Trinajstić information content (AvgIpc) is 2.60. The number of hydrogen-bond acceptors (Lipinski definition) is 5. The highest BCUT2D eigenvalue weighted by atomic mass is 32.2. The van der Waals surface area contributed by atoms with Gasteiger partial charge in [-0.2, -0.15) is 0 Å². The van der Waals surface area contributed by atoms with Gasteiger partial charge in [-0.3, -0.25) is 9.10 Å². The molecule has 0 bridgehead atoms. The summed E-state index contributed by atoms with van der Waals surface area (Å²) in [6, 6.07) is 9.75. The minimum Gasteiger partial charge on any atom is -0.465 e. The number of carbonyl (C=O) groups excluding carboxylic acids is 2. The monoisotopic (exact) mass is 394 g/mol. The Hall–Kier alpha value is -2.94. The van der Waals surface area contributed by atoms with Crippen molar-refractivity contribution in [3.05, 3.63) is 59.9 Å². The van der Waals surface area contributed by atoms with Crippen LogP contribution in [0.1, 0.15) is 17.3 Å². The number of nitrogens with one attached hydrogen (secondary N) is 1. The normalized spacial score (nSPS) is 12.1. The van der Waals surface area contributed by atoms with Crippen LogP contribution in [0.15, 0.2) is 48.5 Å². The topological polar surface area (TPSA) is 92.8 Å². The molecule has 0 aliphatic carbocycles. The molecule has 9 heteroatoms. The first kappa shape index (κ1) is 20.4. The van der Waals surface area contributed by atoms with Crippen molar-refractivity contribution in [1.29, 1.82) is 0 Å². The molecule has 0 heterocycles. The molecule has 2 rings (SSSR count). The fourth-order valence-electron chi connectivity index (χ4n) is 2.48. The molecule has 0 aliphatic heterocycles. The lowest BCUT2D eigenvalue weighted by Gasteiger charge is -2.28. The maximum atomic E-state index is 13.5. The number of sulfonamides is 1. The SMILES string of the molecule is COC(=O)c1ccc(NC(=O)[C@@H](C)N(c2cccc(F)c2)S(C)(=O)=O)cc1. The first-order valence-corrected chi connectivity index (χ1v) is 9.72. The number of hydrogen-bond donors (Lipinski definition) is 1. The van der Waals surface area contributed by atoms with Gasteiger partial charge in [0.15, 0.2) is 0 Å². The minimum absolute atomic E-state index is 0.0428. The van der Waals surface area contributed by atoms with Crippen LogP contribution in [0, 0.1) is 5.82 Å². The van der Waals surface area contributed by atoms with Gasteiger partial charge in [-0.05, 0) is 49.4 Å². The number of methoxy groups -OCH3 is 1. The number of halogens is 1. The van der Waals surface area contributed by atoms with Gasteiger partial charge in [0.25, 0.3) is 0 Å². The van der Waals surface area contributed by atoms with Crippen molar-refractivity contribution in [2.45, 2.75) is 13.0 Å². The van der Waals surface area contributed by atoms with E-state index < -0.39 is 33.8 Å². The predicted molar refractivity (Wildman–Crippen MR) is 99.6 cm³/mol. The Bertz CT molecular complexity index is 944. The van der Waals surface area contributed by atoms with Crippen LogP contribution < -0.4 is 9.62 Å². The van der Waals surface area contributed by atoms with Gasteiger partial charge in [-0.1, -0.05) is 6.07 Å². The number of ether oxygens (including phenoxy) is 1. The van der Waals surface area contributed by atoms with Gasteiger partial charge in [0.05, 0.1) is 24.6 Å². The maximum absolute atomic E-state index is 13.5. The van der Waals surface area contributed by atoms with Crippen LogP contribution in [0.25, 0.3) is 0 Å². The summed E-state index contributed by atoms with van der Waals surface area (Å²) in [7, 11) is -2.59. The summed E-state index contributed by atoms with van der Waals surface area (Å²) in [5.74, 6) is -1.75. The molecule has 0 fully saturated rings. The zero-order valence-corrected chi connectivity index (χ0v) is 15.8. The van der Waals surface area contributed by atoms with Gasteiger partial charge >= 0.3 is 5.97 Å². The molecule has 0 unspecified atom stereocenters. The number of nitrogens with zero attached hydrogens (tertiary/aromatic N) is 1. The molecule has 0 radical (unpaired) electrons. The lowest BCUT2D eigenvalue weighted by atomic mass is 10.2. The van der Waals surface area contributed by atoms with Gasteiger partial charge in [-0.25, -0.2) is 17.6 Å². The van der Waals surface area contributed by atoms with E-state index in [-0.39, 0.29) is 5.69 Å². The summed E-state index contributed by atoms with van der Waals surface area (Å²) in [4.78, 5) is 24.0. The number of anilines is 2. The van der Waals surface area contributed by atoms with E-state index in [1.165, 1.54) is 56.5 Å². The second kappa shape index (κ2) is 8.17. The molecule has 0 saturated carbocycles. The first-order chi connectivity index (χ1) is 12.6. The number of rotatable bonds is 6. The van der Waals surface area contributed by atoms with E-state index in [0.717, 1.165) is 16.6 Å². The van der Waals surface area contributed by atoms with Crippen LogP contribution in [-0.2, 0) is 19.6 Å². The third-order valence-electron chi connectivity index (χ3n) is 3.72. The number of carbonyl (C=O) groups is 2. The Balaban J connectivity index is 2.24. The second-order valence-electron chi connectivity index (χ2n) is 5.77. The van der Waals surface area contributed by atoms with E-state index in [2.05, 4.69) is 10.1 Å². The Kier molecular flexibility index (Phi) is 6.17. The predicted octanol–water partition coefficient (Wildman–Crippen LogP) is 2.41. The van der Waals surface area contributed by atoms with Crippen molar-refractivity contribution in [3.8, 4) is 0 Å². The molecule has 1 atom stereocenters. The molecule has 0 aliphatic rings. The fraction of sp³-hybridized carbons (Fsp3) is 0.222. The highest BCUT2D eigenvalue weighted by molar-refractivity contribution is 7.92. The lowest BCUT2D eigenvalue weighted by Crippen LogP contribution is -2.45. The fourth-order valence-corrected chi connectivity index (χ4v) is 3.64. The molecule has 0 aromatic heterocycles. The second-order valence-corrected chi connectivity index (χ2v) is 7.63. The van der Waals surface area contributed by atoms with Crippen LogP contribution in [0.3, 0.4) is 0 Å². The summed E-state index contributed by atoms with van der Waals surface area (Å²) in [6.07, 6.45) is 0.937. The molecule has 2 aromatic rings. The molecule has 0 spiro atoms. The highest BCUT2D eigenvalue weighted by Gasteiger charge is 2.29. The number of benzene rings is 2. The van der Waals surface area contributed by atoms with Crippen molar-refractivity contribution in [2.75, 3.05) is 23.0 Å². The number of amides is 1. The lowest BCUT2D eigenvalue weighted by molar-refractivity contribution is -0.116. The van der Waals surface area contributed by atoms with Crippen molar-refractivity contribution >= 4 is 33.3 Å². The van der Waals surface area contributed by atoms with E-state index in [1.54, 1.807) is 0 Å². The molecule has 7 nitrogen and oxygen atoms in total. The van der Waals surface area contributed by atoms with Gasteiger partial charge < -0.3 is 10.1 Å². The van der Waals surface area contributed by atoms with E-state index >= 15 is 0 Å². The zero-order valence-electron chi connectivity index (χ0n) is 15.0. The van der Waals surface area contributed by atoms with Gasteiger partial charge in [0.2, 0.25) is 15.9 Å². The maximum Gasteiger partial charge on any atom is 0.337 e. The Morgan fingerprint density at radius 3 is 2.30 bits per heavy atom.